The Hall–Kier alpha value is -1.68. The first-order valence-electron chi connectivity index (χ1n) is 6.03. The number of aryl methyl sites for hydroxylation is 1. The number of thioether (sulfide) groups is 1. The summed E-state index contributed by atoms with van der Waals surface area (Å²) in [5.41, 5.74) is 7.62. The third-order valence-corrected chi connectivity index (χ3v) is 3.77. The van der Waals surface area contributed by atoms with Gasteiger partial charge in [0.15, 0.2) is 11.6 Å². The number of para-hydroxylation sites is 1. The van der Waals surface area contributed by atoms with E-state index in [2.05, 4.69) is 0 Å². The van der Waals surface area contributed by atoms with E-state index < -0.39 is 0 Å². The zero-order chi connectivity index (χ0) is 13.7. The number of ether oxygens (including phenoxy) is 1. The highest BCUT2D eigenvalue weighted by Crippen LogP contribution is 2.24. The van der Waals surface area contributed by atoms with Gasteiger partial charge in [0.1, 0.15) is 0 Å². The Bertz CT molecular complexity index is 560. The highest BCUT2D eigenvalue weighted by molar-refractivity contribution is 7.99. The van der Waals surface area contributed by atoms with Crippen LogP contribution in [0.3, 0.4) is 0 Å². The van der Waals surface area contributed by atoms with E-state index in [1.54, 1.807) is 30.0 Å². The lowest BCUT2D eigenvalue weighted by molar-refractivity contribution is 0.325. The zero-order valence-electron chi connectivity index (χ0n) is 10.7. The molecule has 2 aromatic carbocycles. The third-order valence-electron chi connectivity index (χ3n) is 2.63. The Morgan fingerprint density at radius 1 is 1.21 bits per heavy atom. The van der Waals surface area contributed by atoms with Gasteiger partial charge in [0.2, 0.25) is 0 Å². The second-order valence-corrected chi connectivity index (χ2v) is 5.29. The van der Waals surface area contributed by atoms with Gasteiger partial charge in [-0.2, -0.15) is 0 Å². The number of hydrogen-bond donors (Lipinski definition) is 1. The highest BCUT2D eigenvalue weighted by atomic mass is 32.2. The van der Waals surface area contributed by atoms with Crippen molar-refractivity contribution in [3.8, 4) is 5.75 Å². The van der Waals surface area contributed by atoms with E-state index >= 15 is 0 Å². The van der Waals surface area contributed by atoms with Crippen molar-refractivity contribution in [2.75, 3.05) is 18.1 Å². The normalized spacial score (nSPS) is 10.4. The zero-order valence-corrected chi connectivity index (χ0v) is 11.5. The van der Waals surface area contributed by atoms with Gasteiger partial charge < -0.3 is 10.5 Å². The SMILES string of the molecule is Cc1cc(N)ccc1SCCOc1ccccc1F. The first-order valence-corrected chi connectivity index (χ1v) is 7.01. The fourth-order valence-corrected chi connectivity index (χ4v) is 2.54. The number of hydrogen-bond acceptors (Lipinski definition) is 3. The van der Waals surface area contributed by atoms with E-state index in [9.17, 15) is 4.39 Å². The minimum absolute atomic E-state index is 0.303. The molecule has 4 heteroatoms. The molecule has 0 radical (unpaired) electrons. The standard InChI is InChI=1S/C15H16FNOS/c1-11-10-12(17)6-7-15(11)19-9-8-18-14-5-3-2-4-13(14)16/h2-7,10H,8-9,17H2,1H3. The molecule has 2 N–H and O–H groups in total. The summed E-state index contributed by atoms with van der Waals surface area (Å²) in [4.78, 5) is 1.17. The molecule has 0 bridgehead atoms. The number of anilines is 1. The van der Waals surface area contributed by atoms with Crippen LogP contribution >= 0.6 is 11.8 Å². The molecule has 0 saturated carbocycles. The molecule has 19 heavy (non-hydrogen) atoms. The van der Waals surface area contributed by atoms with Gasteiger partial charge >= 0.3 is 0 Å². The summed E-state index contributed by atoms with van der Waals surface area (Å²) in [5, 5.41) is 0. The largest absolute Gasteiger partial charge is 0.490 e. The van der Waals surface area contributed by atoms with Crippen LogP contribution in [0.2, 0.25) is 0 Å². The molecule has 0 amide bonds. The van der Waals surface area contributed by atoms with Gasteiger partial charge in [0.25, 0.3) is 0 Å². The van der Waals surface area contributed by atoms with Crippen molar-refractivity contribution in [1.29, 1.82) is 0 Å². The van der Waals surface area contributed by atoms with Gasteiger partial charge in [-0.3, -0.25) is 0 Å². The van der Waals surface area contributed by atoms with Crippen LogP contribution in [0.25, 0.3) is 0 Å². The Balaban J connectivity index is 1.83. The minimum atomic E-state index is -0.323. The minimum Gasteiger partial charge on any atom is -0.490 e. The van der Waals surface area contributed by atoms with Crippen LogP contribution < -0.4 is 10.5 Å². The summed E-state index contributed by atoms with van der Waals surface area (Å²) in [6.07, 6.45) is 0. The first-order chi connectivity index (χ1) is 9.16. The number of nitrogen functional groups attached to an aromatic ring is 1. The van der Waals surface area contributed by atoms with Gasteiger partial charge in [-0.1, -0.05) is 12.1 Å². The molecule has 0 heterocycles. The predicted octanol–water partition coefficient (Wildman–Crippen LogP) is 3.89. The molecule has 0 unspecified atom stereocenters. The van der Waals surface area contributed by atoms with E-state index in [0.29, 0.717) is 12.4 Å². The van der Waals surface area contributed by atoms with Crippen LogP contribution in [0.1, 0.15) is 5.56 Å². The van der Waals surface area contributed by atoms with Crippen LogP contribution in [0.4, 0.5) is 10.1 Å². The van der Waals surface area contributed by atoms with E-state index in [-0.39, 0.29) is 5.82 Å². The Morgan fingerprint density at radius 3 is 2.74 bits per heavy atom. The topological polar surface area (TPSA) is 35.2 Å². The smallest absolute Gasteiger partial charge is 0.165 e. The quantitative estimate of drug-likeness (QED) is 0.511. The summed E-state index contributed by atoms with van der Waals surface area (Å²) < 4.78 is 18.7. The lowest BCUT2D eigenvalue weighted by Gasteiger charge is -2.08. The maximum Gasteiger partial charge on any atom is 0.165 e. The van der Waals surface area contributed by atoms with Gasteiger partial charge in [0.05, 0.1) is 6.61 Å². The van der Waals surface area contributed by atoms with Crippen molar-refractivity contribution < 1.29 is 9.13 Å². The monoisotopic (exact) mass is 277 g/mol. The average Bonchev–Trinajstić information content (AvgIpc) is 2.38. The van der Waals surface area contributed by atoms with E-state index in [4.69, 9.17) is 10.5 Å². The van der Waals surface area contributed by atoms with Crippen molar-refractivity contribution in [2.45, 2.75) is 11.8 Å². The first kappa shape index (κ1) is 13.7. The van der Waals surface area contributed by atoms with Crippen LogP contribution in [-0.4, -0.2) is 12.4 Å². The van der Waals surface area contributed by atoms with Crippen molar-refractivity contribution in [1.82, 2.24) is 0 Å². The molecule has 0 spiro atoms. The third kappa shape index (κ3) is 3.89. The van der Waals surface area contributed by atoms with E-state index in [1.165, 1.54) is 11.0 Å². The molecule has 2 nitrogen and oxygen atoms in total. The lowest BCUT2D eigenvalue weighted by atomic mass is 10.2. The Labute approximate surface area is 116 Å². The Morgan fingerprint density at radius 2 is 2.00 bits per heavy atom. The molecule has 100 valence electrons. The van der Waals surface area contributed by atoms with Gasteiger partial charge in [-0.25, -0.2) is 4.39 Å². The lowest BCUT2D eigenvalue weighted by Crippen LogP contribution is -2.01. The molecule has 0 aliphatic heterocycles. The number of rotatable bonds is 5. The molecule has 0 fully saturated rings. The summed E-state index contributed by atoms with van der Waals surface area (Å²) in [5.74, 6) is 0.743. The predicted molar refractivity (Wildman–Crippen MR) is 78.2 cm³/mol. The molecule has 0 aliphatic rings. The highest BCUT2D eigenvalue weighted by Gasteiger charge is 2.02. The van der Waals surface area contributed by atoms with Crippen molar-refractivity contribution in [3.05, 3.63) is 53.8 Å². The van der Waals surface area contributed by atoms with Crippen molar-refractivity contribution in [2.24, 2.45) is 0 Å². The average molecular weight is 277 g/mol. The van der Waals surface area contributed by atoms with E-state index in [1.807, 2.05) is 25.1 Å². The second kappa shape index (κ2) is 6.48. The molecule has 2 rings (SSSR count). The fourth-order valence-electron chi connectivity index (χ4n) is 1.70. The second-order valence-electron chi connectivity index (χ2n) is 4.15. The Kier molecular flexibility index (Phi) is 4.68. The summed E-state index contributed by atoms with van der Waals surface area (Å²) in [6, 6.07) is 12.3. The fraction of sp³-hybridized carbons (Fsp3) is 0.200. The molecular weight excluding hydrogens is 261 g/mol. The number of nitrogens with two attached hydrogens (primary N) is 1. The van der Waals surface area contributed by atoms with Gasteiger partial charge in [-0.05, 0) is 42.8 Å². The molecule has 0 aromatic heterocycles. The molecule has 2 aromatic rings. The van der Waals surface area contributed by atoms with Gasteiger partial charge in [-0.15, -0.1) is 11.8 Å². The molecule has 0 aliphatic carbocycles. The number of benzene rings is 2. The van der Waals surface area contributed by atoms with Crippen LogP contribution in [0.5, 0.6) is 5.75 Å². The van der Waals surface area contributed by atoms with Crippen molar-refractivity contribution in [3.63, 3.8) is 0 Å². The molecule has 0 atom stereocenters. The summed E-state index contributed by atoms with van der Waals surface area (Å²) in [7, 11) is 0. The van der Waals surface area contributed by atoms with Crippen LogP contribution in [0.15, 0.2) is 47.4 Å². The maximum absolute atomic E-state index is 13.3. The van der Waals surface area contributed by atoms with Crippen LogP contribution in [-0.2, 0) is 0 Å². The van der Waals surface area contributed by atoms with E-state index in [0.717, 1.165) is 17.0 Å². The maximum atomic E-state index is 13.3. The summed E-state index contributed by atoms with van der Waals surface area (Å²) in [6.45, 7) is 2.49. The molecule has 0 saturated heterocycles. The van der Waals surface area contributed by atoms with Gasteiger partial charge in [0, 0.05) is 16.3 Å². The number of halogens is 1. The van der Waals surface area contributed by atoms with Crippen LogP contribution in [0, 0.1) is 12.7 Å². The summed E-state index contributed by atoms with van der Waals surface area (Å²) >= 11 is 1.68. The molecular formula is C15H16FNOS. The van der Waals surface area contributed by atoms with Crippen molar-refractivity contribution >= 4 is 17.4 Å².